The van der Waals surface area contributed by atoms with Crippen LogP contribution in [0.4, 0.5) is 0 Å². The van der Waals surface area contributed by atoms with Gasteiger partial charge in [0.15, 0.2) is 6.61 Å². The summed E-state index contributed by atoms with van der Waals surface area (Å²) in [6.07, 6.45) is 0. The third-order valence-electron chi connectivity index (χ3n) is 4.06. The SMILES string of the molecule is COc1cccc(-c2noc(COC(=O)c3cc(-c4ccc(Br)cc4)n[nH]3)n2)c1. The Hall–Kier alpha value is -3.46. The molecule has 146 valence electrons. The number of methoxy groups -OCH3 is 1. The van der Waals surface area contributed by atoms with Crippen molar-refractivity contribution in [3.63, 3.8) is 0 Å². The van der Waals surface area contributed by atoms with Crippen molar-refractivity contribution < 1.29 is 18.8 Å². The first-order valence-corrected chi connectivity index (χ1v) is 9.37. The second-order valence-corrected chi connectivity index (χ2v) is 6.91. The first-order chi connectivity index (χ1) is 14.1. The van der Waals surface area contributed by atoms with Crippen molar-refractivity contribution in [2.75, 3.05) is 7.11 Å². The van der Waals surface area contributed by atoms with Gasteiger partial charge in [0.1, 0.15) is 11.4 Å². The van der Waals surface area contributed by atoms with E-state index < -0.39 is 5.97 Å². The summed E-state index contributed by atoms with van der Waals surface area (Å²) in [5.74, 6) is 0.681. The molecule has 8 nitrogen and oxygen atoms in total. The Morgan fingerprint density at radius 2 is 1.97 bits per heavy atom. The van der Waals surface area contributed by atoms with Crippen molar-refractivity contribution >= 4 is 21.9 Å². The van der Waals surface area contributed by atoms with Crippen LogP contribution in [-0.2, 0) is 11.3 Å². The Balaban J connectivity index is 1.40. The standard InChI is InChI=1S/C20H15BrN4O4/c1-27-15-4-2-3-13(9-15)19-22-18(29-25-19)11-28-20(26)17-10-16(23-24-17)12-5-7-14(21)8-6-12/h2-10H,11H2,1H3,(H,23,24). The molecule has 9 heteroatoms. The number of rotatable bonds is 6. The molecule has 0 spiro atoms. The minimum absolute atomic E-state index is 0.150. The van der Waals surface area contributed by atoms with Crippen LogP contribution in [0.25, 0.3) is 22.6 Å². The zero-order valence-electron chi connectivity index (χ0n) is 15.3. The topological polar surface area (TPSA) is 103 Å². The molecular weight excluding hydrogens is 440 g/mol. The van der Waals surface area contributed by atoms with Crippen LogP contribution in [0.3, 0.4) is 0 Å². The molecule has 0 aliphatic carbocycles. The molecule has 0 radical (unpaired) electrons. The van der Waals surface area contributed by atoms with Gasteiger partial charge in [-0.1, -0.05) is 45.4 Å². The Kier molecular flexibility index (Phi) is 5.39. The normalized spacial score (nSPS) is 10.7. The molecule has 29 heavy (non-hydrogen) atoms. The van der Waals surface area contributed by atoms with Crippen LogP contribution in [0.5, 0.6) is 5.75 Å². The highest BCUT2D eigenvalue weighted by molar-refractivity contribution is 9.10. The van der Waals surface area contributed by atoms with Crippen molar-refractivity contribution in [1.82, 2.24) is 20.3 Å². The summed E-state index contributed by atoms with van der Waals surface area (Å²) in [6.45, 7) is -0.150. The van der Waals surface area contributed by atoms with Crippen molar-refractivity contribution in [3.05, 3.63) is 70.7 Å². The number of nitrogens with zero attached hydrogens (tertiary/aromatic N) is 3. The number of hydrogen-bond acceptors (Lipinski definition) is 7. The van der Waals surface area contributed by atoms with Gasteiger partial charge in [-0.3, -0.25) is 5.10 Å². The molecule has 0 aliphatic heterocycles. The zero-order chi connectivity index (χ0) is 20.2. The van der Waals surface area contributed by atoms with Gasteiger partial charge in [-0.15, -0.1) is 0 Å². The van der Waals surface area contributed by atoms with Crippen molar-refractivity contribution in [2.45, 2.75) is 6.61 Å². The molecule has 0 fully saturated rings. The Morgan fingerprint density at radius 1 is 1.14 bits per heavy atom. The minimum Gasteiger partial charge on any atom is -0.497 e. The van der Waals surface area contributed by atoms with E-state index in [1.807, 2.05) is 42.5 Å². The number of H-pyrrole nitrogens is 1. The first kappa shape index (κ1) is 18.9. The molecule has 2 aromatic carbocycles. The van der Waals surface area contributed by atoms with E-state index in [1.54, 1.807) is 19.2 Å². The molecule has 0 aliphatic rings. The highest BCUT2D eigenvalue weighted by Gasteiger charge is 2.15. The average Bonchev–Trinajstić information content (AvgIpc) is 3.43. The summed E-state index contributed by atoms with van der Waals surface area (Å²) in [5, 5.41) is 10.7. The van der Waals surface area contributed by atoms with Gasteiger partial charge in [0.25, 0.3) is 5.89 Å². The van der Waals surface area contributed by atoms with Crippen LogP contribution in [0.1, 0.15) is 16.4 Å². The smallest absolute Gasteiger partial charge is 0.356 e. The van der Waals surface area contributed by atoms with Gasteiger partial charge in [-0.05, 0) is 30.3 Å². The fourth-order valence-corrected chi connectivity index (χ4v) is 2.86. The number of halogens is 1. The fraction of sp³-hybridized carbons (Fsp3) is 0.100. The molecule has 0 unspecified atom stereocenters. The van der Waals surface area contributed by atoms with Gasteiger partial charge < -0.3 is 14.0 Å². The lowest BCUT2D eigenvalue weighted by Crippen LogP contribution is -2.05. The van der Waals surface area contributed by atoms with E-state index in [1.165, 1.54) is 0 Å². The molecule has 4 aromatic rings. The molecule has 0 bridgehead atoms. The van der Waals surface area contributed by atoms with Crippen molar-refractivity contribution in [2.24, 2.45) is 0 Å². The fourth-order valence-electron chi connectivity index (χ4n) is 2.59. The van der Waals surface area contributed by atoms with E-state index in [2.05, 4.69) is 36.3 Å². The number of carbonyl (C=O) groups excluding carboxylic acids is 1. The Morgan fingerprint density at radius 3 is 2.76 bits per heavy atom. The second-order valence-electron chi connectivity index (χ2n) is 5.99. The van der Waals surface area contributed by atoms with Crippen LogP contribution in [0, 0.1) is 0 Å². The molecular formula is C20H15BrN4O4. The van der Waals surface area contributed by atoms with Crippen LogP contribution >= 0.6 is 15.9 Å². The van der Waals surface area contributed by atoms with Crippen LogP contribution < -0.4 is 4.74 Å². The summed E-state index contributed by atoms with van der Waals surface area (Å²) in [5.41, 5.74) is 2.49. The van der Waals surface area contributed by atoms with Gasteiger partial charge in [-0.25, -0.2) is 4.79 Å². The van der Waals surface area contributed by atoms with E-state index in [9.17, 15) is 4.79 Å². The number of aromatic amines is 1. The summed E-state index contributed by atoms with van der Waals surface area (Å²) < 4.78 is 16.5. The predicted molar refractivity (Wildman–Crippen MR) is 107 cm³/mol. The monoisotopic (exact) mass is 454 g/mol. The van der Waals surface area contributed by atoms with Crippen LogP contribution in [0.15, 0.2) is 63.6 Å². The number of ether oxygens (including phenoxy) is 2. The van der Waals surface area contributed by atoms with E-state index in [4.69, 9.17) is 14.0 Å². The largest absolute Gasteiger partial charge is 0.497 e. The lowest BCUT2D eigenvalue weighted by Gasteiger charge is -2.00. The van der Waals surface area contributed by atoms with E-state index >= 15 is 0 Å². The number of aromatic nitrogens is 4. The van der Waals surface area contributed by atoms with Crippen LogP contribution in [0.2, 0.25) is 0 Å². The summed E-state index contributed by atoms with van der Waals surface area (Å²) >= 11 is 3.38. The molecule has 2 aromatic heterocycles. The quantitative estimate of drug-likeness (QED) is 0.434. The lowest BCUT2D eigenvalue weighted by atomic mass is 10.1. The molecule has 0 saturated carbocycles. The van der Waals surface area contributed by atoms with Gasteiger partial charge in [0.2, 0.25) is 5.82 Å². The van der Waals surface area contributed by atoms with E-state index in [0.717, 1.165) is 15.6 Å². The van der Waals surface area contributed by atoms with Gasteiger partial charge in [0.05, 0.1) is 12.8 Å². The molecule has 0 atom stereocenters. The van der Waals surface area contributed by atoms with Crippen molar-refractivity contribution in [3.8, 4) is 28.4 Å². The van der Waals surface area contributed by atoms with Gasteiger partial charge >= 0.3 is 5.97 Å². The van der Waals surface area contributed by atoms with Gasteiger partial charge in [-0.2, -0.15) is 10.1 Å². The first-order valence-electron chi connectivity index (χ1n) is 8.58. The summed E-state index contributed by atoms with van der Waals surface area (Å²) in [4.78, 5) is 16.5. The van der Waals surface area contributed by atoms with Crippen LogP contribution in [-0.4, -0.2) is 33.4 Å². The maximum Gasteiger partial charge on any atom is 0.356 e. The Labute approximate surface area is 174 Å². The highest BCUT2D eigenvalue weighted by atomic mass is 79.9. The maximum absolute atomic E-state index is 12.3. The number of benzene rings is 2. The number of esters is 1. The molecule has 0 amide bonds. The third kappa shape index (κ3) is 4.35. The zero-order valence-corrected chi connectivity index (χ0v) is 16.8. The molecule has 0 saturated heterocycles. The average molecular weight is 455 g/mol. The molecule has 4 rings (SSSR count). The summed E-state index contributed by atoms with van der Waals surface area (Å²) in [7, 11) is 1.58. The number of nitrogens with one attached hydrogen (secondary N) is 1. The number of carbonyl (C=O) groups is 1. The summed E-state index contributed by atoms with van der Waals surface area (Å²) in [6, 6.07) is 16.5. The lowest BCUT2D eigenvalue weighted by molar-refractivity contribution is 0.0423. The second kappa shape index (κ2) is 8.27. The van der Waals surface area contributed by atoms with E-state index in [-0.39, 0.29) is 18.2 Å². The molecule has 2 heterocycles. The third-order valence-corrected chi connectivity index (χ3v) is 4.59. The Bertz CT molecular complexity index is 1140. The maximum atomic E-state index is 12.3. The number of hydrogen-bond donors (Lipinski definition) is 1. The van der Waals surface area contributed by atoms with Crippen molar-refractivity contribution in [1.29, 1.82) is 0 Å². The van der Waals surface area contributed by atoms with E-state index in [0.29, 0.717) is 17.3 Å². The highest BCUT2D eigenvalue weighted by Crippen LogP contribution is 2.22. The predicted octanol–water partition coefficient (Wildman–Crippen LogP) is 4.25. The molecule has 1 N–H and O–H groups in total. The minimum atomic E-state index is -0.568. The van der Waals surface area contributed by atoms with Gasteiger partial charge in [0, 0.05) is 15.6 Å².